The van der Waals surface area contributed by atoms with Crippen LogP contribution in [0.5, 0.6) is 0 Å². The molecule has 3 atom stereocenters. The van der Waals surface area contributed by atoms with Crippen molar-refractivity contribution in [2.75, 3.05) is 20.6 Å². The van der Waals surface area contributed by atoms with Gasteiger partial charge in [0, 0.05) is 23.9 Å². The van der Waals surface area contributed by atoms with Gasteiger partial charge in [-0.3, -0.25) is 0 Å². The topological polar surface area (TPSA) is 15.3 Å². The third-order valence-corrected chi connectivity index (χ3v) is 6.03. The number of nitrogens with one attached hydrogen (secondary N) is 1. The molecule has 1 aromatic heterocycles. The smallest absolute Gasteiger partial charge is 0.0649 e. The van der Waals surface area contributed by atoms with Crippen molar-refractivity contribution in [1.29, 1.82) is 0 Å². The first-order chi connectivity index (χ1) is 9.45. The van der Waals surface area contributed by atoms with Crippen molar-refractivity contribution >= 4 is 23.1 Å². The summed E-state index contributed by atoms with van der Waals surface area (Å²) >= 11 is 3.95. The van der Waals surface area contributed by atoms with Gasteiger partial charge in [-0.1, -0.05) is 20.8 Å². The standard InChI is InChI=1S/C16H28N2S2/c1-11(2)8-13(10-18(4)5)17-15-9-12(3)20-16-14(15)6-7-19-16/h6-7,11-13,15,17H,8-10H2,1-5H3/t12-,13?,15?/m0/s1. The molecule has 2 unspecified atom stereocenters. The molecule has 0 amide bonds. The number of thioether (sulfide) groups is 1. The second kappa shape index (κ2) is 7.30. The number of rotatable bonds is 6. The maximum absolute atomic E-state index is 3.94. The average Bonchev–Trinajstić information content (AvgIpc) is 2.74. The molecule has 20 heavy (non-hydrogen) atoms. The third-order valence-electron chi connectivity index (χ3n) is 3.69. The Balaban J connectivity index is 2.06. The van der Waals surface area contributed by atoms with Gasteiger partial charge >= 0.3 is 0 Å². The molecule has 1 N–H and O–H groups in total. The number of fused-ring (bicyclic) bond motifs is 1. The van der Waals surface area contributed by atoms with Crippen LogP contribution in [0, 0.1) is 5.92 Å². The summed E-state index contributed by atoms with van der Waals surface area (Å²) in [6.07, 6.45) is 2.49. The lowest BCUT2D eigenvalue weighted by Crippen LogP contribution is -2.42. The van der Waals surface area contributed by atoms with Crippen LogP contribution in [0.1, 0.15) is 45.2 Å². The summed E-state index contributed by atoms with van der Waals surface area (Å²) in [5.74, 6) is 0.741. The fraction of sp³-hybridized carbons (Fsp3) is 0.750. The molecule has 0 fully saturated rings. The number of hydrogen-bond acceptors (Lipinski definition) is 4. The summed E-state index contributed by atoms with van der Waals surface area (Å²) < 4.78 is 1.52. The van der Waals surface area contributed by atoms with Crippen LogP contribution in [0.25, 0.3) is 0 Å². The molecular weight excluding hydrogens is 284 g/mol. The quantitative estimate of drug-likeness (QED) is 0.846. The fourth-order valence-corrected chi connectivity index (χ4v) is 5.56. The summed E-state index contributed by atoms with van der Waals surface area (Å²) in [6.45, 7) is 8.11. The summed E-state index contributed by atoms with van der Waals surface area (Å²) in [7, 11) is 4.34. The minimum Gasteiger partial charge on any atom is -0.308 e. The molecular formula is C16H28N2S2. The van der Waals surface area contributed by atoms with Crippen LogP contribution in [0.4, 0.5) is 0 Å². The van der Waals surface area contributed by atoms with E-state index in [1.807, 2.05) is 23.1 Å². The molecule has 0 bridgehead atoms. The molecule has 0 spiro atoms. The first-order valence-electron chi connectivity index (χ1n) is 7.60. The van der Waals surface area contributed by atoms with E-state index in [2.05, 4.69) is 56.5 Å². The highest BCUT2D eigenvalue weighted by Crippen LogP contribution is 2.43. The summed E-state index contributed by atoms with van der Waals surface area (Å²) in [4.78, 5) is 2.30. The van der Waals surface area contributed by atoms with Crippen LogP contribution in [0.15, 0.2) is 15.7 Å². The second-order valence-corrected chi connectivity index (χ2v) is 9.26. The van der Waals surface area contributed by atoms with Gasteiger partial charge in [0.25, 0.3) is 0 Å². The van der Waals surface area contributed by atoms with Crippen molar-refractivity contribution in [3.05, 3.63) is 17.0 Å². The van der Waals surface area contributed by atoms with Gasteiger partial charge in [0.15, 0.2) is 0 Å². The molecule has 1 aliphatic heterocycles. The lowest BCUT2D eigenvalue weighted by Gasteiger charge is -2.33. The normalized spacial score (nSPS) is 24.1. The zero-order valence-electron chi connectivity index (χ0n) is 13.3. The zero-order valence-corrected chi connectivity index (χ0v) is 15.0. The van der Waals surface area contributed by atoms with Crippen molar-refractivity contribution in [2.24, 2.45) is 5.92 Å². The number of nitrogens with zero attached hydrogens (tertiary/aromatic N) is 1. The van der Waals surface area contributed by atoms with Gasteiger partial charge in [0.2, 0.25) is 0 Å². The van der Waals surface area contributed by atoms with Crippen LogP contribution in [-0.2, 0) is 0 Å². The van der Waals surface area contributed by atoms with Gasteiger partial charge in [-0.2, -0.15) is 0 Å². The molecule has 0 saturated heterocycles. The van der Waals surface area contributed by atoms with Crippen LogP contribution in [0.3, 0.4) is 0 Å². The highest BCUT2D eigenvalue weighted by Gasteiger charge is 2.28. The Labute approximate surface area is 132 Å². The van der Waals surface area contributed by atoms with Crippen LogP contribution in [-0.4, -0.2) is 36.8 Å². The molecule has 0 radical (unpaired) electrons. The van der Waals surface area contributed by atoms with Crippen molar-refractivity contribution in [1.82, 2.24) is 10.2 Å². The Bertz CT molecular complexity index is 404. The van der Waals surface area contributed by atoms with Gasteiger partial charge in [-0.25, -0.2) is 0 Å². The molecule has 2 heterocycles. The van der Waals surface area contributed by atoms with E-state index >= 15 is 0 Å². The fourth-order valence-electron chi connectivity index (χ4n) is 3.00. The molecule has 1 aromatic rings. The first-order valence-corrected chi connectivity index (χ1v) is 9.36. The maximum Gasteiger partial charge on any atom is 0.0649 e. The molecule has 0 saturated carbocycles. The first kappa shape index (κ1) is 16.3. The van der Waals surface area contributed by atoms with E-state index in [0.717, 1.165) is 17.7 Å². The minimum atomic E-state index is 0.538. The Morgan fingerprint density at radius 3 is 2.80 bits per heavy atom. The molecule has 4 heteroatoms. The van der Waals surface area contributed by atoms with Gasteiger partial charge < -0.3 is 10.2 Å². The number of thiophene rings is 1. The predicted molar refractivity (Wildman–Crippen MR) is 91.9 cm³/mol. The highest BCUT2D eigenvalue weighted by molar-refractivity contribution is 8.01. The van der Waals surface area contributed by atoms with Gasteiger partial charge in [0.05, 0.1) is 4.21 Å². The Hall–Kier alpha value is -0.0300. The van der Waals surface area contributed by atoms with E-state index in [1.165, 1.54) is 22.6 Å². The summed E-state index contributed by atoms with van der Waals surface area (Å²) in [5, 5.41) is 6.91. The van der Waals surface area contributed by atoms with Gasteiger partial charge in [-0.15, -0.1) is 23.1 Å². The van der Waals surface area contributed by atoms with Crippen LogP contribution in [0.2, 0.25) is 0 Å². The summed E-state index contributed by atoms with van der Waals surface area (Å²) in [5.41, 5.74) is 1.53. The van der Waals surface area contributed by atoms with E-state index in [4.69, 9.17) is 0 Å². The third kappa shape index (κ3) is 4.48. The molecule has 2 rings (SSSR count). The Morgan fingerprint density at radius 2 is 2.15 bits per heavy atom. The predicted octanol–water partition coefficient (Wildman–Crippen LogP) is 4.24. The van der Waals surface area contributed by atoms with Crippen molar-refractivity contribution in [2.45, 2.75) is 55.2 Å². The van der Waals surface area contributed by atoms with Crippen molar-refractivity contribution in [3.63, 3.8) is 0 Å². The zero-order chi connectivity index (χ0) is 14.7. The van der Waals surface area contributed by atoms with Crippen molar-refractivity contribution < 1.29 is 0 Å². The highest BCUT2D eigenvalue weighted by atomic mass is 32.2. The second-order valence-electron chi connectivity index (χ2n) is 6.64. The Kier molecular flexibility index (Phi) is 5.96. The van der Waals surface area contributed by atoms with Crippen molar-refractivity contribution in [3.8, 4) is 0 Å². The van der Waals surface area contributed by atoms with E-state index in [-0.39, 0.29) is 0 Å². The lowest BCUT2D eigenvalue weighted by atomic mass is 9.99. The monoisotopic (exact) mass is 312 g/mol. The molecule has 2 nitrogen and oxygen atoms in total. The van der Waals surface area contributed by atoms with Gasteiger partial charge in [-0.05, 0) is 49.9 Å². The number of hydrogen-bond donors (Lipinski definition) is 1. The SMILES string of the molecule is CC(C)CC(CN(C)C)NC1C[C@H](C)Sc2sccc21. The van der Waals surface area contributed by atoms with Crippen LogP contribution >= 0.6 is 23.1 Å². The average molecular weight is 313 g/mol. The number of likely N-dealkylation sites (N-methyl/N-ethyl adjacent to an activating group) is 1. The largest absolute Gasteiger partial charge is 0.308 e. The maximum atomic E-state index is 3.94. The van der Waals surface area contributed by atoms with E-state index in [0.29, 0.717) is 12.1 Å². The molecule has 1 aliphatic rings. The van der Waals surface area contributed by atoms with E-state index in [9.17, 15) is 0 Å². The van der Waals surface area contributed by atoms with Crippen LogP contribution < -0.4 is 5.32 Å². The molecule has 0 aromatic carbocycles. The Morgan fingerprint density at radius 1 is 1.40 bits per heavy atom. The lowest BCUT2D eigenvalue weighted by molar-refractivity contribution is 0.280. The van der Waals surface area contributed by atoms with E-state index in [1.54, 1.807) is 0 Å². The van der Waals surface area contributed by atoms with E-state index < -0.39 is 0 Å². The summed E-state index contributed by atoms with van der Waals surface area (Å²) in [6, 6.07) is 3.44. The molecule has 114 valence electrons. The minimum absolute atomic E-state index is 0.538. The molecule has 0 aliphatic carbocycles. The van der Waals surface area contributed by atoms with Gasteiger partial charge in [0.1, 0.15) is 0 Å².